The summed E-state index contributed by atoms with van der Waals surface area (Å²) in [5.74, 6) is 2.14. The highest BCUT2D eigenvalue weighted by Gasteiger charge is 2.30. The standard InChI is InChI=1S/C23H37N5O2.HI/c1-5-24-23(25-17-20-8-9-21(30-4)18(2)16-20)28-14-12-26(13-15-28)19(3)22(29)27-10-6-7-11-27;/h8-9,16,19H,5-7,10-15,17H2,1-4H3,(H,24,25);1H. The van der Waals surface area contributed by atoms with Crippen LogP contribution in [0, 0.1) is 6.92 Å². The number of amides is 1. The summed E-state index contributed by atoms with van der Waals surface area (Å²) >= 11 is 0. The Morgan fingerprint density at radius 2 is 1.81 bits per heavy atom. The fourth-order valence-corrected chi connectivity index (χ4v) is 4.31. The van der Waals surface area contributed by atoms with Crippen LogP contribution in [0.15, 0.2) is 23.2 Å². The molecule has 1 amide bonds. The number of aliphatic imine (C=N–C) groups is 1. The van der Waals surface area contributed by atoms with Crippen LogP contribution in [0.3, 0.4) is 0 Å². The molecule has 31 heavy (non-hydrogen) atoms. The largest absolute Gasteiger partial charge is 0.496 e. The first-order valence-electron chi connectivity index (χ1n) is 11.2. The molecule has 1 aromatic rings. The lowest BCUT2D eigenvalue weighted by atomic mass is 10.1. The van der Waals surface area contributed by atoms with Crippen LogP contribution in [0.2, 0.25) is 0 Å². The van der Waals surface area contributed by atoms with Gasteiger partial charge in [-0.25, -0.2) is 4.99 Å². The topological polar surface area (TPSA) is 60.4 Å². The van der Waals surface area contributed by atoms with Gasteiger partial charge in [0, 0.05) is 45.8 Å². The molecule has 8 heteroatoms. The number of carbonyl (C=O) groups excluding carboxylic acids is 1. The maximum atomic E-state index is 12.7. The van der Waals surface area contributed by atoms with Gasteiger partial charge in [-0.05, 0) is 50.8 Å². The second-order valence-corrected chi connectivity index (χ2v) is 8.21. The number of methoxy groups -OCH3 is 1. The minimum atomic E-state index is -0.0351. The lowest BCUT2D eigenvalue weighted by molar-refractivity contribution is -0.135. The fraction of sp³-hybridized carbons (Fsp3) is 0.652. The van der Waals surface area contributed by atoms with Crippen molar-refractivity contribution in [3.05, 3.63) is 29.3 Å². The maximum absolute atomic E-state index is 12.7. The van der Waals surface area contributed by atoms with Crippen LogP contribution in [0.5, 0.6) is 5.75 Å². The number of carbonyl (C=O) groups is 1. The highest BCUT2D eigenvalue weighted by Crippen LogP contribution is 2.19. The zero-order valence-corrected chi connectivity index (χ0v) is 21.7. The molecule has 2 fully saturated rings. The van der Waals surface area contributed by atoms with Gasteiger partial charge in [0.15, 0.2) is 5.96 Å². The number of hydrogen-bond donors (Lipinski definition) is 1. The molecule has 0 saturated carbocycles. The molecule has 174 valence electrons. The Kier molecular flexibility index (Phi) is 10.3. The minimum absolute atomic E-state index is 0. The summed E-state index contributed by atoms with van der Waals surface area (Å²) in [5.41, 5.74) is 2.30. The number of piperazine rings is 1. The smallest absolute Gasteiger partial charge is 0.239 e. The van der Waals surface area contributed by atoms with Gasteiger partial charge in [-0.1, -0.05) is 12.1 Å². The van der Waals surface area contributed by atoms with Gasteiger partial charge in [-0.3, -0.25) is 9.69 Å². The zero-order valence-electron chi connectivity index (χ0n) is 19.4. The molecule has 7 nitrogen and oxygen atoms in total. The first-order valence-corrected chi connectivity index (χ1v) is 11.2. The van der Waals surface area contributed by atoms with E-state index in [1.165, 1.54) is 5.56 Å². The summed E-state index contributed by atoms with van der Waals surface area (Å²) < 4.78 is 5.35. The first-order chi connectivity index (χ1) is 14.5. The Morgan fingerprint density at radius 1 is 1.13 bits per heavy atom. The van der Waals surface area contributed by atoms with Crippen molar-refractivity contribution < 1.29 is 9.53 Å². The highest BCUT2D eigenvalue weighted by molar-refractivity contribution is 14.0. The van der Waals surface area contributed by atoms with Gasteiger partial charge >= 0.3 is 0 Å². The van der Waals surface area contributed by atoms with E-state index < -0.39 is 0 Å². The molecule has 1 N–H and O–H groups in total. The fourth-order valence-electron chi connectivity index (χ4n) is 4.31. The molecule has 1 unspecified atom stereocenters. The molecule has 1 aromatic carbocycles. The summed E-state index contributed by atoms with van der Waals surface area (Å²) in [5, 5.41) is 3.43. The zero-order chi connectivity index (χ0) is 21.5. The molecule has 2 aliphatic rings. The lowest BCUT2D eigenvalue weighted by Gasteiger charge is -2.39. The number of rotatable bonds is 6. The number of hydrogen-bond acceptors (Lipinski definition) is 4. The Morgan fingerprint density at radius 3 is 2.39 bits per heavy atom. The van der Waals surface area contributed by atoms with Gasteiger partial charge in [-0.15, -0.1) is 24.0 Å². The first kappa shape index (κ1) is 25.7. The lowest BCUT2D eigenvalue weighted by Crippen LogP contribution is -2.57. The van der Waals surface area contributed by atoms with Crippen molar-refractivity contribution in [1.29, 1.82) is 0 Å². The predicted molar refractivity (Wildman–Crippen MR) is 136 cm³/mol. The third-order valence-electron chi connectivity index (χ3n) is 6.14. The molecule has 0 aromatic heterocycles. The van der Waals surface area contributed by atoms with Crippen LogP contribution in [-0.2, 0) is 11.3 Å². The van der Waals surface area contributed by atoms with Crippen LogP contribution in [0.1, 0.15) is 37.8 Å². The third kappa shape index (κ3) is 6.71. The van der Waals surface area contributed by atoms with Gasteiger partial charge in [0.05, 0.1) is 19.7 Å². The molecular formula is C23H38IN5O2. The molecule has 0 radical (unpaired) electrons. The van der Waals surface area contributed by atoms with Crippen molar-refractivity contribution in [3.8, 4) is 5.75 Å². The third-order valence-corrected chi connectivity index (χ3v) is 6.14. The summed E-state index contributed by atoms with van der Waals surface area (Å²) in [4.78, 5) is 24.2. The van der Waals surface area contributed by atoms with Gasteiger partial charge in [0.1, 0.15) is 5.75 Å². The number of guanidine groups is 1. The second-order valence-electron chi connectivity index (χ2n) is 8.21. The number of aryl methyl sites for hydroxylation is 1. The quantitative estimate of drug-likeness (QED) is 0.340. The number of benzene rings is 1. The maximum Gasteiger partial charge on any atom is 0.239 e. The van der Waals surface area contributed by atoms with Crippen LogP contribution in [-0.4, -0.2) is 85.5 Å². The molecule has 2 aliphatic heterocycles. The van der Waals surface area contributed by atoms with E-state index in [2.05, 4.69) is 48.0 Å². The van der Waals surface area contributed by atoms with E-state index in [9.17, 15) is 4.79 Å². The van der Waals surface area contributed by atoms with Crippen LogP contribution in [0.25, 0.3) is 0 Å². The number of likely N-dealkylation sites (tertiary alicyclic amines) is 1. The molecule has 2 heterocycles. The Hall–Kier alpha value is -1.55. The number of ether oxygens (including phenoxy) is 1. The van der Waals surface area contributed by atoms with Gasteiger partial charge < -0.3 is 19.9 Å². The molecular weight excluding hydrogens is 505 g/mol. The Labute approximate surface area is 204 Å². The summed E-state index contributed by atoms with van der Waals surface area (Å²) in [6.45, 7) is 13.1. The molecule has 2 saturated heterocycles. The predicted octanol–water partition coefficient (Wildman–Crippen LogP) is 2.72. The van der Waals surface area contributed by atoms with E-state index in [0.717, 1.165) is 75.9 Å². The summed E-state index contributed by atoms with van der Waals surface area (Å²) in [7, 11) is 1.70. The van der Waals surface area contributed by atoms with Crippen molar-refractivity contribution >= 4 is 35.8 Å². The van der Waals surface area contributed by atoms with Crippen molar-refractivity contribution in [2.45, 2.75) is 46.2 Å². The molecule has 1 atom stereocenters. The average molecular weight is 543 g/mol. The number of nitrogens with zero attached hydrogens (tertiary/aromatic N) is 4. The van der Waals surface area contributed by atoms with Gasteiger partial charge in [0.2, 0.25) is 5.91 Å². The normalized spacial score (nSPS) is 18.5. The van der Waals surface area contributed by atoms with Crippen LogP contribution >= 0.6 is 24.0 Å². The average Bonchev–Trinajstić information content (AvgIpc) is 3.31. The monoisotopic (exact) mass is 543 g/mol. The van der Waals surface area contributed by atoms with Gasteiger partial charge in [-0.2, -0.15) is 0 Å². The van der Waals surface area contributed by atoms with E-state index in [-0.39, 0.29) is 35.9 Å². The highest BCUT2D eigenvalue weighted by atomic mass is 127. The SMILES string of the molecule is CCNC(=NCc1ccc(OC)c(C)c1)N1CCN(C(C)C(=O)N2CCCC2)CC1.I. The van der Waals surface area contributed by atoms with Crippen molar-refractivity contribution in [2.24, 2.45) is 4.99 Å². The van der Waals surface area contributed by atoms with Gasteiger partial charge in [0.25, 0.3) is 0 Å². The van der Waals surface area contributed by atoms with E-state index in [4.69, 9.17) is 9.73 Å². The molecule has 3 rings (SSSR count). The van der Waals surface area contributed by atoms with Crippen molar-refractivity contribution in [1.82, 2.24) is 20.0 Å². The molecule has 0 aliphatic carbocycles. The van der Waals surface area contributed by atoms with Crippen molar-refractivity contribution in [2.75, 3.05) is 52.9 Å². The minimum Gasteiger partial charge on any atom is -0.496 e. The van der Waals surface area contributed by atoms with Crippen molar-refractivity contribution in [3.63, 3.8) is 0 Å². The van der Waals surface area contributed by atoms with Crippen LogP contribution < -0.4 is 10.1 Å². The Bertz CT molecular complexity index is 743. The second kappa shape index (κ2) is 12.5. The van der Waals surface area contributed by atoms with Crippen LogP contribution in [0.4, 0.5) is 0 Å². The summed E-state index contributed by atoms with van der Waals surface area (Å²) in [6, 6.07) is 6.18. The van der Waals surface area contributed by atoms with E-state index >= 15 is 0 Å². The van der Waals surface area contributed by atoms with E-state index in [0.29, 0.717) is 6.54 Å². The summed E-state index contributed by atoms with van der Waals surface area (Å²) in [6.07, 6.45) is 2.28. The van der Waals surface area contributed by atoms with E-state index in [1.807, 2.05) is 11.0 Å². The Balaban J connectivity index is 0.00000341. The molecule has 0 spiro atoms. The van der Waals surface area contributed by atoms with E-state index in [1.54, 1.807) is 7.11 Å². The number of nitrogens with one attached hydrogen (secondary N) is 1. The molecule has 0 bridgehead atoms. The number of halogens is 1.